The maximum Gasteiger partial charge on any atom is 0.223 e. The van der Waals surface area contributed by atoms with Gasteiger partial charge in [0.2, 0.25) is 5.91 Å². The van der Waals surface area contributed by atoms with Gasteiger partial charge in [0.05, 0.1) is 5.39 Å². The van der Waals surface area contributed by atoms with Crippen molar-refractivity contribution in [3.05, 3.63) is 77.2 Å². The van der Waals surface area contributed by atoms with E-state index >= 15 is 0 Å². The fraction of sp³-hybridized carbons (Fsp3) is 0.231. The maximum absolute atomic E-state index is 13.0. The number of fused-ring (bicyclic) bond motifs is 4. The van der Waals surface area contributed by atoms with Gasteiger partial charge in [-0.3, -0.25) is 9.59 Å². The molecule has 1 aliphatic carbocycles. The fourth-order valence-corrected chi connectivity index (χ4v) is 5.74. The van der Waals surface area contributed by atoms with Crippen LogP contribution in [0.3, 0.4) is 0 Å². The van der Waals surface area contributed by atoms with Gasteiger partial charge in [-0.05, 0) is 48.1 Å². The lowest BCUT2D eigenvalue weighted by Crippen LogP contribution is -2.33. The predicted molar refractivity (Wildman–Crippen MR) is 132 cm³/mol. The molecule has 8 heteroatoms. The van der Waals surface area contributed by atoms with Crippen LogP contribution in [0.1, 0.15) is 28.8 Å². The molecule has 0 saturated heterocycles. The Balaban J connectivity index is 1.25. The number of benzene rings is 2. The molecule has 3 heterocycles. The zero-order valence-corrected chi connectivity index (χ0v) is 19.2. The van der Waals surface area contributed by atoms with Crippen molar-refractivity contribution in [2.45, 2.75) is 37.1 Å². The highest BCUT2D eigenvalue weighted by atomic mass is 32.2. The molecule has 0 saturated carbocycles. The Bertz CT molecular complexity index is 1420. The number of amides is 1. The SMILES string of the molecule is O=C1Cc2ccc(Nc3ncnc4[nH]c5c(c34)CC(C(=O)NCc3ccccc3)CC5)cc2S1. The van der Waals surface area contributed by atoms with Crippen molar-refractivity contribution < 1.29 is 9.59 Å². The summed E-state index contributed by atoms with van der Waals surface area (Å²) in [5, 5.41) is 7.62. The average molecular weight is 470 g/mol. The first kappa shape index (κ1) is 20.9. The largest absolute Gasteiger partial charge is 0.352 e. The Hall–Kier alpha value is -3.65. The molecule has 6 rings (SSSR count). The van der Waals surface area contributed by atoms with Crippen LogP contribution in [0.2, 0.25) is 0 Å². The van der Waals surface area contributed by atoms with Gasteiger partial charge >= 0.3 is 0 Å². The number of anilines is 2. The van der Waals surface area contributed by atoms with Crippen LogP contribution in [-0.4, -0.2) is 26.0 Å². The van der Waals surface area contributed by atoms with E-state index in [-0.39, 0.29) is 16.9 Å². The van der Waals surface area contributed by atoms with E-state index in [1.807, 2.05) is 48.5 Å². The van der Waals surface area contributed by atoms with Crippen molar-refractivity contribution >= 4 is 45.3 Å². The number of aromatic nitrogens is 3. The Morgan fingerprint density at radius 2 is 2.03 bits per heavy atom. The van der Waals surface area contributed by atoms with E-state index in [0.29, 0.717) is 25.2 Å². The minimum atomic E-state index is -0.0920. The number of H-pyrrole nitrogens is 1. The first-order valence-electron chi connectivity index (χ1n) is 11.4. The third-order valence-electron chi connectivity index (χ3n) is 6.54. The Morgan fingerprint density at radius 3 is 2.91 bits per heavy atom. The number of hydrogen-bond acceptors (Lipinski definition) is 6. The van der Waals surface area contributed by atoms with E-state index in [1.165, 1.54) is 11.8 Å². The summed E-state index contributed by atoms with van der Waals surface area (Å²) in [6, 6.07) is 15.9. The van der Waals surface area contributed by atoms with Gasteiger partial charge in [0, 0.05) is 35.2 Å². The highest BCUT2D eigenvalue weighted by molar-refractivity contribution is 8.14. The van der Waals surface area contributed by atoms with E-state index in [4.69, 9.17) is 0 Å². The second kappa shape index (κ2) is 8.61. The lowest BCUT2D eigenvalue weighted by Gasteiger charge is -2.22. The van der Waals surface area contributed by atoms with Crippen molar-refractivity contribution in [2.75, 3.05) is 5.32 Å². The van der Waals surface area contributed by atoms with Crippen molar-refractivity contribution in [1.29, 1.82) is 0 Å². The van der Waals surface area contributed by atoms with Gasteiger partial charge in [0.25, 0.3) is 0 Å². The number of carbonyl (C=O) groups excluding carboxylic acids is 2. The fourth-order valence-electron chi connectivity index (χ4n) is 4.81. The average Bonchev–Trinajstić information content (AvgIpc) is 3.42. The molecule has 2 aromatic heterocycles. The number of rotatable bonds is 5. The summed E-state index contributed by atoms with van der Waals surface area (Å²) in [6.07, 6.45) is 4.27. The van der Waals surface area contributed by atoms with E-state index in [0.717, 1.165) is 56.8 Å². The third kappa shape index (κ3) is 3.94. The van der Waals surface area contributed by atoms with Gasteiger partial charge in [0.1, 0.15) is 17.8 Å². The van der Waals surface area contributed by atoms with Gasteiger partial charge < -0.3 is 15.6 Å². The topological polar surface area (TPSA) is 99.8 Å². The smallest absolute Gasteiger partial charge is 0.223 e. The molecule has 1 atom stereocenters. The first-order chi connectivity index (χ1) is 16.6. The molecule has 1 amide bonds. The molecule has 3 N–H and O–H groups in total. The van der Waals surface area contributed by atoms with Crippen LogP contribution in [0.25, 0.3) is 11.0 Å². The Morgan fingerprint density at radius 1 is 1.15 bits per heavy atom. The molecule has 2 aliphatic rings. The van der Waals surface area contributed by atoms with Crippen LogP contribution in [0.5, 0.6) is 0 Å². The summed E-state index contributed by atoms with van der Waals surface area (Å²) < 4.78 is 0. The van der Waals surface area contributed by atoms with E-state index in [9.17, 15) is 9.59 Å². The number of aryl methyl sites for hydroxylation is 1. The third-order valence-corrected chi connectivity index (χ3v) is 7.52. The molecule has 1 unspecified atom stereocenters. The molecule has 1 aliphatic heterocycles. The van der Waals surface area contributed by atoms with Crippen LogP contribution in [0.4, 0.5) is 11.5 Å². The lowest BCUT2D eigenvalue weighted by atomic mass is 9.86. The number of nitrogens with one attached hydrogen (secondary N) is 3. The first-order valence-corrected chi connectivity index (χ1v) is 12.2. The van der Waals surface area contributed by atoms with Gasteiger partial charge in [-0.2, -0.15) is 0 Å². The highest BCUT2D eigenvalue weighted by Crippen LogP contribution is 2.37. The summed E-state index contributed by atoms with van der Waals surface area (Å²) in [5.41, 5.74) is 6.04. The van der Waals surface area contributed by atoms with E-state index in [2.05, 4.69) is 25.6 Å². The summed E-state index contributed by atoms with van der Waals surface area (Å²) >= 11 is 1.29. The number of thioether (sulfide) groups is 1. The number of nitrogens with zero attached hydrogens (tertiary/aromatic N) is 2. The van der Waals surface area contributed by atoms with Gasteiger partial charge in [-0.15, -0.1) is 0 Å². The summed E-state index contributed by atoms with van der Waals surface area (Å²) in [6.45, 7) is 0.533. The second-order valence-electron chi connectivity index (χ2n) is 8.77. The predicted octanol–water partition coefficient (Wildman–Crippen LogP) is 4.30. The van der Waals surface area contributed by atoms with Gasteiger partial charge in [-0.25, -0.2) is 9.97 Å². The van der Waals surface area contributed by atoms with Gasteiger partial charge in [0.15, 0.2) is 5.12 Å². The maximum atomic E-state index is 13.0. The van der Waals surface area contributed by atoms with Gasteiger partial charge in [-0.1, -0.05) is 48.2 Å². The molecule has 0 spiro atoms. The standard InChI is InChI=1S/C26H23N5O2S/c32-22-11-16-6-8-18(12-21(16)34-22)30-24-23-19-10-17(7-9-20(19)31-25(23)29-14-28-24)26(33)27-13-15-4-2-1-3-5-15/h1-6,8,12,14,17H,7,9-11,13H2,(H,27,33)(H2,28,29,30,31). The Labute approximate surface area is 200 Å². The summed E-state index contributed by atoms with van der Waals surface area (Å²) in [7, 11) is 0. The molecular formula is C26H23N5O2S. The summed E-state index contributed by atoms with van der Waals surface area (Å²) in [4.78, 5) is 38.1. The molecule has 34 heavy (non-hydrogen) atoms. The second-order valence-corrected chi connectivity index (χ2v) is 9.87. The van der Waals surface area contributed by atoms with Crippen molar-refractivity contribution in [2.24, 2.45) is 5.92 Å². The van der Waals surface area contributed by atoms with E-state index < -0.39 is 0 Å². The minimum Gasteiger partial charge on any atom is -0.352 e. The molecule has 7 nitrogen and oxygen atoms in total. The highest BCUT2D eigenvalue weighted by Gasteiger charge is 2.29. The monoisotopic (exact) mass is 469 g/mol. The van der Waals surface area contributed by atoms with Crippen LogP contribution < -0.4 is 10.6 Å². The van der Waals surface area contributed by atoms with Crippen LogP contribution in [0.15, 0.2) is 59.8 Å². The van der Waals surface area contributed by atoms with E-state index in [1.54, 1.807) is 6.33 Å². The zero-order chi connectivity index (χ0) is 23.1. The van der Waals surface area contributed by atoms with Crippen molar-refractivity contribution in [3.8, 4) is 0 Å². The van der Waals surface area contributed by atoms with Crippen molar-refractivity contribution in [3.63, 3.8) is 0 Å². The molecule has 4 aromatic rings. The van der Waals surface area contributed by atoms with Crippen molar-refractivity contribution in [1.82, 2.24) is 20.3 Å². The zero-order valence-electron chi connectivity index (χ0n) is 18.4. The quantitative estimate of drug-likeness (QED) is 0.403. The molecule has 0 bridgehead atoms. The Kier molecular flexibility index (Phi) is 5.30. The van der Waals surface area contributed by atoms with Crippen LogP contribution in [-0.2, 0) is 35.4 Å². The molecular weight excluding hydrogens is 446 g/mol. The number of carbonyl (C=O) groups is 2. The molecule has 170 valence electrons. The van der Waals surface area contributed by atoms with Crippen LogP contribution >= 0.6 is 11.8 Å². The number of aromatic amines is 1. The summed E-state index contributed by atoms with van der Waals surface area (Å²) in [5.74, 6) is 0.698. The number of hydrogen-bond donors (Lipinski definition) is 3. The minimum absolute atomic E-state index is 0.0792. The molecule has 0 fully saturated rings. The molecule has 0 radical (unpaired) electrons. The molecule has 2 aromatic carbocycles. The lowest BCUT2D eigenvalue weighted by molar-refractivity contribution is -0.125. The van der Waals surface area contributed by atoms with Crippen LogP contribution in [0, 0.1) is 5.92 Å². The normalized spacial score (nSPS) is 16.8.